The molecule has 0 bridgehead atoms. The van der Waals surface area contributed by atoms with Crippen molar-refractivity contribution in [3.8, 4) is 62.1 Å². The maximum absolute atomic E-state index is 6.43. The van der Waals surface area contributed by atoms with Crippen molar-refractivity contribution in [3.63, 3.8) is 0 Å². The molecule has 0 aliphatic heterocycles. The molecule has 0 N–H and O–H groups in total. The highest BCUT2D eigenvalue weighted by Gasteiger charge is 2.20. The second-order valence-electron chi connectivity index (χ2n) is 13.9. The van der Waals surface area contributed by atoms with Crippen LogP contribution in [-0.2, 0) is 0 Å². The van der Waals surface area contributed by atoms with Crippen molar-refractivity contribution in [2.75, 3.05) is 0 Å². The fourth-order valence-corrected chi connectivity index (χ4v) is 7.93. The fraction of sp³-hybridized carbons (Fsp3) is 0. The van der Waals surface area contributed by atoms with E-state index in [9.17, 15) is 0 Å². The molecule has 0 radical (unpaired) electrons. The molecule has 4 heterocycles. The number of aromatic nitrogens is 5. The molecule has 6 nitrogen and oxygen atoms in total. The van der Waals surface area contributed by atoms with Crippen molar-refractivity contribution in [1.29, 1.82) is 0 Å². The van der Waals surface area contributed by atoms with Crippen LogP contribution in [-0.4, -0.2) is 24.5 Å². The number of para-hydroxylation sites is 2. The van der Waals surface area contributed by atoms with E-state index in [4.69, 9.17) is 19.4 Å². The van der Waals surface area contributed by atoms with Gasteiger partial charge in [-0.1, -0.05) is 115 Å². The number of furan rings is 1. The minimum atomic E-state index is 0.613. The highest BCUT2D eigenvalue weighted by atomic mass is 16.3. The summed E-state index contributed by atoms with van der Waals surface area (Å²) in [5.41, 5.74) is 12.1. The first-order valence-corrected chi connectivity index (χ1v) is 18.6. The highest BCUT2D eigenvalue weighted by Crippen LogP contribution is 2.42. The van der Waals surface area contributed by atoms with E-state index in [2.05, 4.69) is 113 Å². The molecule has 4 aromatic heterocycles. The normalized spacial score (nSPS) is 11.6. The lowest BCUT2D eigenvalue weighted by Crippen LogP contribution is -2.00. The van der Waals surface area contributed by atoms with Crippen LogP contribution in [0.15, 0.2) is 193 Å². The zero-order valence-electron chi connectivity index (χ0n) is 30.0. The molecule has 56 heavy (non-hydrogen) atoms. The van der Waals surface area contributed by atoms with Crippen LogP contribution in [0.5, 0.6) is 0 Å². The third-order valence-corrected chi connectivity index (χ3v) is 10.5. The maximum atomic E-state index is 6.43. The molecule has 0 amide bonds. The number of fused-ring (bicyclic) bond motifs is 7. The smallest absolute Gasteiger partial charge is 0.164 e. The lowest BCUT2D eigenvalue weighted by Gasteiger charge is -2.15. The molecule has 0 fully saturated rings. The van der Waals surface area contributed by atoms with Crippen molar-refractivity contribution in [2.45, 2.75) is 0 Å². The molecule has 6 heteroatoms. The molecule has 0 spiro atoms. The van der Waals surface area contributed by atoms with E-state index in [1.165, 1.54) is 10.8 Å². The van der Waals surface area contributed by atoms with Gasteiger partial charge in [0.25, 0.3) is 0 Å². The maximum Gasteiger partial charge on any atom is 0.164 e. The average Bonchev–Trinajstić information content (AvgIpc) is 3.83. The van der Waals surface area contributed by atoms with E-state index < -0.39 is 0 Å². The molecule has 0 saturated carbocycles. The number of hydrogen-bond donors (Lipinski definition) is 0. The van der Waals surface area contributed by atoms with Gasteiger partial charge in [-0.25, -0.2) is 15.0 Å². The van der Waals surface area contributed by atoms with Gasteiger partial charge in [0.15, 0.2) is 17.5 Å². The number of benzene rings is 7. The van der Waals surface area contributed by atoms with E-state index in [-0.39, 0.29) is 0 Å². The van der Waals surface area contributed by atoms with Gasteiger partial charge in [-0.3, -0.25) is 4.98 Å². The van der Waals surface area contributed by atoms with E-state index >= 15 is 0 Å². The van der Waals surface area contributed by atoms with Crippen LogP contribution in [0, 0.1) is 0 Å². The van der Waals surface area contributed by atoms with Crippen LogP contribution in [0.25, 0.3) is 106 Å². The summed E-state index contributed by atoms with van der Waals surface area (Å²) in [4.78, 5) is 19.3. The topological polar surface area (TPSA) is 69.6 Å². The van der Waals surface area contributed by atoms with Crippen LogP contribution in [0.3, 0.4) is 0 Å². The Labute approximate surface area is 322 Å². The Balaban J connectivity index is 1.15. The lowest BCUT2D eigenvalue weighted by atomic mass is 9.97. The average molecular weight is 718 g/mol. The third-order valence-electron chi connectivity index (χ3n) is 10.5. The largest absolute Gasteiger partial charge is 0.456 e. The molecular formula is C50H31N5O. The first kappa shape index (κ1) is 31.8. The molecule has 11 aromatic rings. The zero-order valence-corrected chi connectivity index (χ0v) is 30.0. The van der Waals surface area contributed by atoms with Gasteiger partial charge >= 0.3 is 0 Å². The van der Waals surface area contributed by atoms with Crippen molar-refractivity contribution in [3.05, 3.63) is 188 Å². The lowest BCUT2D eigenvalue weighted by molar-refractivity contribution is 0.669. The predicted molar refractivity (Wildman–Crippen MR) is 226 cm³/mol. The van der Waals surface area contributed by atoms with Crippen molar-refractivity contribution in [2.24, 2.45) is 0 Å². The Bertz CT molecular complexity index is 3190. The van der Waals surface area contributed by atoms with Gasteiger partial charge in [0.2, 0.25) is 0 Å². The predicted octanol–water partition coefficient (Wildman–Crippen LogP) is 12.6. The summed E-state index contributed by atoms with van der Waals surface area (Å²) < 4.78 is 8.83. The van der Waals surface area contributed by atoms with E-state index in [1.54, 1.807) is 0 Å². The molecule has 262 valence electrons. The molecule has 0 unspecified atom stereocenters. The number of rotatable bonds is 6. The summed E-state index contributed by atoms with van der Waals surface area (Å²) in [6, 6.07) is 60.8. The summed E-state index contributed by atoms with van der Waals surface area (Å²) in [7, 11) is 0. The van der Waals surface area contributed by atoms with Gasteiger partial charge in [-0.05, 0) is 82.9 Å². The SMILES string of the molecule is c1ccc(-c2nc(-c3ccccc3)nc(-c3cccc(-c4cc(-c5ccncc5)cc(-n5c6ccccc6c6ccc7oc8ccccc8c7c65)c4)c3)n2)cc1. The Morgan fingerprint density at radius 3 is 1.68 bits per heavy atom. The zero-order chi connectivity index (χ0) is 37.0. The molecule has 0 aliphatic carbocycles. The second kappa shape index (κ2) is 13.0. The van der Waals surface area contributed by atoms with Crippen LogP contribution in [0.1, 0.15) is 0 Å². The monoisotopic (exact) mass is 717 g/mol. The van der Waals surface area contributed by atoms with E-state index in [0.29, 0.717) is 17.5 Å². The summed E-state index contributed by atoms with van der Waals surface area (Å²) >= 11 is 0. The minimum Gasteiger partial charge on any atom is -0.456 e. The quantitative estimate of drug-likeness (QED) is 0.171. The number of hydrogen-bond acceptors (Lipinski definition) is 5. The van der Waals surface area contributed by atoms with Crippen LogP contribution in [0.2, 0.25) is 0 Å². The Hall–Kier alpha value is -7.70. The van der Waals surface area contributed by atoms with E-state index in [1.807, 2.05) is 85.2 Å². The first-order valence-electron chi connectivity index (χ1n) is 18.6. The summed E-state index contributed by atoms with van der Waals surface area (Å²) in [5, 5.41) is 4.56. The summed E-state index contributed by atoms with van der Waals surface area (Å²) in [5.74, 6) is 1.87. The van der Waals surface area contributed by atoms with Gasteiger partial charge in [-0.2, -0.15) is 0 Å². The van der Waals surface area contributed by atoms with Crippen LogP contribution < -0.4 is 0 Å². The fourth-order valence-electron chi connectivity index (χ4n) is 7.93. The second-order valence-corrected chi connectivity index (χ2v) is 13.9. The Kier molecular flexibility index (Phi) is 7.38. The molecule has 0 saturated heterocycles. The van der Waals surface area contributed by atoms with Crippen molar-refractivity contribution >= 4 is 43.7 Å². The van der Waals surface area contributed by atoms with Crippen LogP contribution in [0.4, 0.5) is 0 Å². The summed E-state index contributed by atoms with van der Waals surface area (Å²) in [6.07, 6.45) is 3.69. The Morgan fingerprint density at radius 1 is 0.375 bits per heavy atom. The van der Waals surface area contributed by atoms with Gasteiger partial charge in [0.1, 0.15) is 11.2 Å². The first-order chi connectivity index (χ1) is 27.7. The van der Waals surface area contributed by atoms with Gasteiger partial charge < -0.3 is 8.98 Å². The van der Waals surface area contributed by atoms with Gasteiger partial charge in [0.05, 0.1) is 16.4 Å². The standard InChI is InChI=1S/C50H31N5O/c1-3-12-33(13-4-1)48-52-49(34-14-5-2-6-15-34)54-50(53-48)36-17-11-16-35(28-36)38-29-37(32-24-26-51-27-25-32)30-39(31-38)55-43-20-9-7-18-40(43)41-22-23-45-46(47(41)55)42-19-8-10-21-44(42)56-45/h1-31H. The van der Waals surface area contributed by atoms with E-state index in [0.717, 1.165) is 77.6 Å². The van der Waals surface area contributed by atoms with Crippen molar-refractivity contribution in [1.82, 2.24) is 24.5 Å². The molecule has 11 rings (SSSR count). The third kappa shape index (κ3) is 5.35. The van der Waals surface area contributed by atoms with Gasteiger partial charge in [0, 0.05) is 50.9 Å². The molecule has 7 aromatic carbocycles. The molecule has 0 atom stereocenters. The summed E-state index contributed by atoms with van der Waals surface area (Å²) in [6.45, 7) is 0. The van der Waals surface area contributed by atoms with Crippen LogP contribution >= 0.6 is 0 Å². The minimum absolute atomic E-state index is 0.613. The number of nitrogens with zero attached hydrogens (tertiary/aromatic N) is 5. The Morgan fingerprint density at radius 2 is 0.946 bits per heavy atom. The number of pyridine rings is 1. The van der Waals surface area contributed by atoms with Gasteiger partial charge in [-0.15, -0.1) is 0 Å². The molecule has 0 aliphatic rings. The molecular weight excluding hydrogens is 687 g/mol. The highest BCUT2D eigenvalue weighted by molar-refractivity contribution is 6.24. The van der Waals surface area contributed by atoms with Crippen molar-refractivity contribution < 1.29 is 4.42 Å².